The van der Waals surface area contributed by atoms with Gasteiger partial charge in [-0.25, -0.2) is 4.79 Å². The van der Waals surface area contributed by atoms with Crippen LogP contribution in [0.15, 0.2) is 18.2 Å². The topological polar surface area (TPSA) is 46.5 Å². The molecule has 1 aromatic rings. The van der Waals surface area contributed by atoms with Gasteiger partial charge in [0.2, 0.25) is 0 Å². The first-order valence-electron chi connectivity index (χ1n) is 6.59. The highest BCUT2D eigenvalue weighted by molar-refractivity contribution is 5.88. The first-order valence-corrected chi connectivity index (χ1v) is 6.59. The third kappa shape index (κ3) is 4.40. The van der Waals surface area contributed by atoms with Gasteiger partial charge in [-0.2, -0.15) is 0 Å². The summed E-state index contributed by atoms with van der Waals surface area (Å²) < 4.78 is 5.27. The predicted molar refractivity (Wildman–Crippen MR) is 72.4 cm³/mol. The zero-order valence-corrected chi connectivity index (χ0v) is 11.2. The molecule has 0 radical (unpaired) electrons. The number of aromatic carboxylic acids is 1. The summed E-state index contributed by atoms with van der Waals surface area (Å²) in [5.41, 5.74) is 1.33. The minimum Gasteiger partial charge on any atom is -0.496 e. The fourth-order valence-corrected chi connectivity index (χ4v) is 2.03. The molecule has 0 aliphatic rings. The highest BCUT2D eigenvalue weighted by atomic mass is 16.5. The Bertz CT molecular complexity index is 385. The lowest BCUT2D eigenvalue weighted by molar-refractivity contribution is 0.0696. The van der Waals surface area contributed by atoms with Gasteiger partial charge in [-0.05, 0) is 36.6 Å². The Morgan fingerprint density at radius 1 is 1.22 bits per heavy atom. The van der Waals surface area contributed by atoms with Crippen LogP contribution in [0.1, 0.15) is 54.9 Å². The van der Waals surface area contributed by atoms with E-state index in [4.69, 9.17) is 9.84 Å². The molecule has 0 saturated carbocycles. The lowest BCUT2D eigenvalue weighted by Gasteiger charge is -2.09. The van der Waals surface area contributed by atoms with Crippen LogP contribution in [0.25, 0.3) is 0 Å². The summed E-state index contributed by atoms with van der Waals surface area (Å²) in [5, 5.41) is 8.97. The number of carboxylic acids is 1. The molecular formula is C15H22O3. The quantitative estimate of drug-likeness (QED) is 0.712. The van der Waals surface area contributed by atoms with Gasteiger partial charge in [-0.3, -0.25) is 0 Å². The average Bonchev–Trinajstić information content (AvgIpc) is 2.38. The molecule has 3 heteroatoms. The van der Waals surface area contributed by atoms with Crippen LogP contribution in [0.4, 0.5) is 0 Å². The molecule has 0 heterocycles. The largest absolute Gasteiger partial charge is 0.496 e. The SMILES string of the molecule is CCCCCCCc1cc(C(=O)O)ccc1OC. The van der Waals surface area contributed by atoms with Crippen molar-refractivity contribution >= 4 is 5.97 Å². The zero-order chi connectivity index (χ0) is 13.4. The van der Waals surface area contributed by atoms with Gasteiger partial charge >= 0.3 is 5.97 Å². The van der Waals surface area contributed by atoms with Gasteiger partial charge in [0.15, 0.2) is 0 Å². The minimum atomic E-state index is -0.884. The standard InChI is InChI=1S/C15H22O3/c1-3-4-5-6-7-8-12-11-13(15(16)17)9-10-14(12)18-2/h9-11H,3-8H2,1-2H3,(H,16,17). The molecule has 0 saturated heterocycles. The normalized spacial score (nSPS) is 10.3. The van der Waals surface area contributed by atoms with E-state index in [1.807, 2.05) is 0 Å². The summed E-state index contributed by atoms with van der Waals surface area (Å²) in [6, 6.07) is 5.05. The highest BCUT2D eigenvalue weighted by Crippen LogP contribution is 2.22. The Morgan fingerprint density at radius 2 is 1.94 bits per heavy atom. The molecule has 3 nitrogen and oxygen atoms in total. The minimum absolute atomic E-state index is 0.333. The van der Waals surface area contributed by atoms with Crippen molar-refractivity contribution in [1.29, 1.82) is 0 Å². The van der Waals surface area contributed by atoms with Crippen molar-refractivity contribution < 1.29 is 14.6 Å². The molecular weight excluding hydrogens is 228 g/mol. The van der Waals surface area contributed by atoms with Crippen LogP contribution >= 0.6 is 0 Å². The highest BCUT2D eigenvalue weighted by Gasteiger charge is 2.08. The molecule has 18 heavy (non-hydrogen) atoms. The van der Waals surface area contributed by atoms with Crippen molar-refractivity contribution in [3.05, 3.63) is 29.3 Å². The molecule has 1 N–H and O–H groups in total. The zero-order valence-electron chi connectivity index (χ0n) is 11.2. The molecule has 1 aromatic carbocycles. The summed E-state index contributed by atoms with van der Waals surface area (Å²) in [5.74, 6) is -0.0969. The summed E-state index contributed by atoms with van der Waals surface area (Å²) in [7, 11) is 1.62. The van der Waals surface area contributed by atoms with E-state index in [9.17, 15) is 4.79 Å². The third-order valence-electron chi connectivity index (χ3n) is 3.08. The van der Waals surface area contributed by atoms with Crippen LogP contribution in [-0.4, -0.2) is 18.2 Å². The Balaban J connectivity index is 2.61. The molecule has 100 valence electrons. The number of methoxy groups -OCH3 is 1. The number of rotatable bonds is 8. The maximum absolute atomic E-state index is 10.9. The monoisotopic (exact) mass is 250 g/mol. The molecule has 0 aliphatic carbocycles. The van der Waals surface area contributed by atoms with E-state index in [2.05, 4.69) is 6.92 Å². The van der Waals surface area contributed by atoms with Crippen LogP contribution < -0.4 is 4.74 Å². The second-order valence-electron chi connectivity index (χ2n) is 4.50. The van der Waals surface area contributed by atoms with Crippen molar-refractivity contribution in [3.8, 4) is 5.75 Å². The van der Waals surface area contributed by atoms with E-state index >= 15 is 0 Å². The average molecular weight is 250 g/mol. The molecule has 0 atom stereocenters. The number of ether oxygens (including phenoxy) is 1. The van der Waals surface area contributed by atoms with E-state index in [1.165, 1.54) is 25.7 Å². The van der Waals surface area contributed by atoms with E-state index in [0.29, 0.717) is 5.56 Å². The molecule has 0 unspecified atom stereocenters. The number of hydrogen-bond acceptors (Lipinski definition) is 2. The first kappa shape index (κ1) is 14.6. The Kier molecular flexibility index (Phi) is 6.26. The van der Waals surface area contributed by atoms with Gasteiger partial charge in [0.05, 0.1) is 12.7 Å². The van der Waals surface area contributed by atoms with Gasteiger partial charge in [0.25, 0.3) is 0 Å². The predicted octanol–water partition coefficient (Wildman–Crippen LogP) is 3.91. The number of aryl methyl sites for hydroxylation is 1. The van der Waals surface area contributed by atoms with Crippen LogP contribution in [-0.2, 0) is 6.42 Å². The number of benzene rings is 1. The number of unbranched alkanes of at least 4 members (excludes halogenated alkanes) is 4. The molecule has 0 aliphatic heterocycles. The Labute approximate surface area is 109 Å². The third-order valence-corrected chi connectivity index (χ3v) is 3.08. The maximum atomic E-state index is 10.9. The number of hydrogen-bond donors (Lipinski definition) is 1. The van der Waals surface area contributed by atoms with Gasteiger partial charge in [0.1, 0.15) is 5.75 Å². The van der Waals surface area contributed by atoms with Gasteiger partial charge < -0.3 is 9.84 Å². The van der Waals surface area contributed by atoms with Crippen molar-refractivity contribution in [2.24, 2.45) is 0 Å². The van der Waals surface area contributed by atoms with Gasteiger partial charge in [-0.1, -0.05) is 32.6 Å². The van der Waals surface area contributed by atoms with Crippen LogP contribution in [0, 0.1) is 0 Å². The molecule has 0 fully saturated rings. The van der Waals surface area contributed by atoms with Gasteiger partial charge in [0, 0.05) is 0 Å². The lowest BCUT2D eigenvalue weighted by atomic mass is 10.0. The Morgan fingerprint density at radius 3 is 2.56 bits per heavy atom. The lowest BCUT2D eigenvalue weighted by Crippen LogP contribution is -2.00. The fourth-order valence-electron chi connectivity index (χ4n) is 2.03. The van der Waals surface area contributed by atoms with Crippen molar-refractivity contribution in [1.82, 2.24) is 0 Å². The molecule has 0 bridgehead atoms. The van der Waals surface area contributed by atoms with Crippen LogP contribution in [0.5, 0.6) is 5.75 Å². The fraction of sp³-hybridized carbons (Fsp3) is 0.533. The summed E-state index contributed by atoms with van der Waals surface area (Å²) in [6.07, 6.45) is 6.91. The second-order valence-corrected chi connectivity index (χ2v) is 4.50. The van der Waals surface area contributed by atoms with Gasteiger partial charge in [-0.15, -0.1) is 0 Å². The first-order chi connectivity index (χ1) is 8.69. The molecule has 0 spiro atoms. The molecule has 1 rings (SSSR count). The van der Waals surface area contributed by atoms with Crippen molar-refractivity contribution in [3.63, 3.8) is 0 Å². The Hall–Kier alpha value is -1.51. The molecule has 0 aromatic heterocycles. The maximum Gasteiger partial charge on any atom is 0.335 e. The van der Waals surface area contributed by atoms with E-state index in [1.54, 1.807) is 25.3 Å². The van der Waals surface area contributed by atoms with Crippen LogP contribution in [0.2, 0.25) is 0 Å². The number of carbonyl (C=O) groups is 1. The van der Waals surface area contributed by atoms with Crippen molar-refractivity contribution in [2.75, 3.05) is 7.11 Å². The smallest absolute Gasteiger partial charge is 0.335 e. The van der Waals surface area contributed by atoms with E-state index in [-0.39, 0.29) is 0 Å². The van der Waals surface area contributed by atoms with E-state index in [0.717, 1.165) is 24.2 Å². The number of carboxylic acid groups (broad SMARTS) is 1. The van der Waals surface area contributed by atoms with E-state index < -0.39 is 5.97 Å². The molecule has 0 amide bonds. The summed E-state index contributed by atoms with van der Waals surface area (Å²) in [6.45, 7) is 2.19. The van der Waals surface area contributed by atoms with Crippen molar-refractivity contribution in [2.45, 2.75) is 45.4 Å². The van der Waals surface area contributed by atoms with Crippen LogP contribution in [0.3, 0.4) is 0 Å². The summed E-state index contributed by atoms with van der Waals surface area (Å²) in [4.78, 5) is 10.9. The second kappa shape index (κ2) is 7.75. The summed E-state index contributed by atoms with van der Waals surface area (Å²) >= 11 is 0.